The number of benzene rings is 3. The van der Waals surface area contributed by atoms with Crippen molar-refractivity contribution < 1.29 is 19.1 Å². The van der Waals surface area contributed by atoms with E-state index in [1.54, 1.807) is 21.9 Å². The molecule has 0 bridgehead atoms. The molecule has 0 aliphatic carbocycles. The molecule has 2 aliphatic rings. The van der Waals surface area contributed by atoms with Gasteiger partial charge in [0.25, 0.3) is 0 Å². The Balaban J connectivity index is 1.37. The Kier molecular flexibility index (Phi) is 6.16. The van der Waals surface area contributed by atoms with Crippen LogP contribution in [-0.2, 0) is 27.2 Å². The smallest absolute Gasteiger partial charge is 0.337 e. The molecule has 1 saturated heterocycles. The molecule has 7 nitrogen and oxygen atoms in total. The number of H-pyrrole nitrogens is 1. The van der Waals surface area contributed by atoms with E-state index < -0.39 is 18.1 Å². The number of nitrogens with one attached hydrogen (secondary N) is 1. The number of ether oxygens (including phenoxy) is 1. The second-order valence-electron chi connectivity index (χ2n) is 9.74. The summed E-state index contributed by atoms with van der Waals surface area (Å²) >= 11 is 6.01. The van der Waals surface area contributed by atoms with Crippen molar-refractivity contribution in [2.75, 3.05) is 20.2 Å². The Labute approximate surface area is 224 Å². The van der Waals surface area contributed by atoms with Gasteiger partial charge in [-0.25, -0.2) is 4.79 Å². The molecule has 3 heterocycles. The van der Waals surface area contributed by atoms with Crippen LogP contribution in [0.1, 0.15) is 38.8 Å². The van der Waals surface area contributed by atoms with E-state index in [1.165, 1.54) is 7.11 Å². The molecule has 38 heavy (non-hydrogen) atoms. The highest BCUT2D eigenvalue weighted by molar-refractivity contribution is 6.30. The lowest BCUT2D eigenvalue weighted by Gasteiger charge is -2.47. The van der Waals surface area contributed by atoms with Crippen molar-refractivity contribution in [1.82, 2.24) is 14.8 Å². The molecule has 1 aromatic heterocycles. The average molecular weight is 528 g/mol. The van der Waals surface area contributed by atoms with Gasteiger partial charge in [0.05, 0.1) is 25.3 Å². The van der Waals surface area contributed by atoms with Crippen LogP contribution in [0.15, 0.2) is 72.8 Å². The van der Waals surface area contributed by atoms with Gasteiger partial charge in [0.15, 0.2) is 0 Å². The van der Waals surface area contributed by atoms with Gasteiger partial charge in [-0.15, -0.1) is 0 Å². The first kappa shape index (κ1) is 24.2. The molecular weight excluding hydrogens is 502 g/mol. The summed E-state index contributed by atoms with van der Waals surface area (Å²) in [6.07, 6.45) is 1.08. The minimum Gasteiger partial charge on any atom is -0.465 e. The standard InChI is InChI=1S/C30H26ClN3O4/c1-38-30(37)20-10-8-19(9-11-20)28-27-23(22-4-2-3-5-24(22)32-27)16-25-29(36)33(17-26(35)34(25)28)15-14-18-6-12-21(31)13-7-18/h2-13,25,28,32H,14-17H2,1H3/t25-,28+/m0/s1. The zero-order chi connectivity index (χ0) is 26.4. The zero-order valence-corrected chi connectivity index (χ0v) is 21.6. The minimum absolute atomic E-state index is 0.0230. The van der Waals surface area contributed by atoms with E-state index in [1.807, 2.05) is 60.7 Å². The van der Waals surface area contributed by atoms with Crippen LogP contribution in [0.25, 0.3) is 10.9 Å². The number of para-hydroxylation sites is 1. The number of piperazine rings is 1. The Bertz CT molecular complexity index is 1540. The maximum atomic E-state index is 13.8. The fourth-order valence-corrected chi connectivity index (χ4v) is 5.82. The van der Waals surface area contributed by atoms with Crippen LogP contribution >= 0.6 is 11.6 Å². The molecule has 0 saturated carbocycles. The molecule has 0 spiro atoms. The number of halogens is 1. The Morgan fingerprint density at radius 1 is 1.03 bits per heavy atom. The number of hydrogen-bond donors (Lipinski definition) is 1. The highest BCUT2D eigenvalue weighted by Gasteiger charge is 2.48. The van der Waals surface area contributed by atoms with E-state index in [0.29, 0.717) is 30.0 Å². The topological polar surface area (TPSA) is 82.7 Å². The summed E-state index contributed by atoms with van der Waals surface area (Å²) in [6.45, 7) is 0.477. The zero-order valence-electron chi connectivity index (χ0n) is 20.8. The third kappa shape index (κ3) is 4.13. The van der Waals surface area contributed by atoms with Crippen LogP contribution in [-0.4, -0.2) is 58.8 Å². The number of esters is 1. The molecule has 4 aromatic rings. The lowest BCUT2D eigenvalue weighted by molar-refractivity contribution is -0.158. The monoisotopic (exact) mass is 527 g/mol. The summed E-state index contributed by atoms with van der Waals surface area (Å²) in [7, 11) is 1.34. The Hall–Kier alpha value is -4.10. The first-order valence-corrected chi connectivity index (χ1v) is 12.9. The molecule has 3 aromatic carbocycles. The quantitative estimate of drug-likeness (QED) is 0.386. The van der Waals surface area contributed by atoms with Gasteiger partial charge in [-0.1, -0.05) is 54.1 Å². The average Bonchev–Trinajstić information content (AvgIpc) is 3.32. The fourth-order valence-electron chi connectivity index (χ4n) is 5.69. The SMILES string of the molecule is COC(=O)c1ccc([C@@H]2c3[nH]c4ccccc4c3C[C@H]3C(=O)N(CCc4ccc(Cl)cc4)CC(=O)N23)cc1. The van der Waals surface area contributed by atoms with Gasteiger partial charge in [0, 0.05) is 34.6 Å². The lowest BCUT2D eigenvalue weighted by Crippen LogP contribution is -2.63. The van der Waals surface area contributed by atoms with Crippen molar-refractivity contribution in [3.8, 4) is 0 Å². The molecule has 2 aliphatic heterocycles. The van der Waals surface area contributed by atoms with Gasteiger partial charge in [-0.3, -0.25) is 9.59 Å². The summed E-state index contributed by atoms with van der Waals surface area (Å²) < 4.78 is 4.84. The molecule has 2 amide bonds. The number of aromatic nitrogens is 1. The van der Waals surface area contributed by atoms with Crippen LogP contribution < -0.4 is 0 Å². The molecule has 192 valence electrons. The number of methoxy groups -OCH3 is 1. The summed E-state index contributed by atoms with van der Waals surface area (Å²) in [5.74, 6) is -0.576. The predicted octanol–water partition coefficient (Wildman–Crippen LogP) is 4.54. The van der Waals surface area contributed by atoms with Gasteiger partial charge in [-0.2, -0.15) is 0 Å². The van der Waals surface area contributed by atoms with Gasteiger partial charge in [0.2, 0.25) is 11.8 Å². The van der Waals surface area contributed by atoms with Crippen molar-refractivity contribution in [1.29, 1.82) is 0 Å². The van der Waals surface area contributed by atoms with Gasteiger partial charge in [-0.05, 0) is 53.4 Å². The van der Waals surface area contributed by atoms with Gasteiger partial charge >= 0.3 is 5.97 Å². The number of amides is 2. The normalized spacial score (nSPS) is 18.9. The minimum atomic E-state index is -0.613. The lowest BCUT2D eigenvalue weighted by atomic mass is 9.86. The van der Waals surface area contributed by atoms with Crippen molar-refractivity contribution in [3.05, 3.63) is 106 Å². The predicted molar refractivity (Wildman–Crippen MR) is 144 cm³/mol. The van der Waals surface area contributed by atoms with Crippen LogP contribution in [0.2, 0.25) is 5.02 Å². The highest BCUT2D eigenvalue weighted by Crippen LogP contribution is 2.42. The summed E-state index contributed by atoms with van der Waals surface area (Å²) in [4.78, 5) is 46.5. The molecule has 1 N–H and O–H groups in total. The molecule has 0 radical (unpaired) electrons. The second kappa shape index (κ2) is 9.65. The van der Waals surface area contributed by atoms with Crippen molar-refractivity contribution in [2.45, 2.75) is 24.9 Å². The number of aromatic amines is 1. The summed E-state index contributed by atoms with van der Waals surface area (Å²) in [5.41, 5.74) is 5.23. The number of carbonyl (C=O) groups is 3. The van der Waals surface area contributed by atoms with E-state index in [-0.39, 0.29) is 18.4 Å². The van der Waals surface area contributed by atoms with E-state index >= 15 is 0 Å². The highest BCUT2D eigenvalue weighted by atomic mass is 35.5. The number of fused-ring (bicyclic) bond motifs is 4. The van der Waals surface area contributed by atoms with E-state index in [0.717, 1.165) is 33.3 Å². The Morgan fingerprint density at radius 2 is 1.76 bits per heavy atom. The summed E-state index contributed by atoms with van der Waals surface area (Å²) in [6, 6.07) is 21.5. The third-order valence-corrected chi connectivity index (χ3v) is 7.83. The van der Waals surface area contributed by atoms with E-state index in [2.05, 4.69) is 4.98 Å². The first-order chi connectivity index (χ1) is 18.4. The van der Waals surface area contributed by atoms with Crippen LogP contribution in [0, 0.1) is 0 Å². The fraction of sp³-hybridized carbons (Fsp3) is 0.233. The van der Waals surface area contributed by atoms with Gasteiger partial charge < -0.3 is 19.5 Å². The Morgan fingerprint density at radius 3 is 2.50 bits per heavy atom. The van der Waals surface area contributed by atoms with Crippen molar-refractivity contribution in [3.63, 3.8) is 0 Å². The molecule has 8 heteroatoms. The summed E-state index contributed by atoms with van der Waals surface area (Å²) in [5, 5.41) is 1.72. The number of rotatable bonds is 5. The number of carbonyl (C=O) groups excluding carboxylic acids is 3. The third-order valence-electron chi connectivity index (χ3n) is 7.57. The number of hydrogen-bond acceptors (Lipinski definition) is 4. The molecular formula is C30H26ClN3O4. The van der Waals surface area contributed by atoms with Gasteiger partial charge in [0.1, 0.15) is 6.04 Å². The molecule has 2 atom stereocenters. The van der Waals surface area contributed by atoms with Crippen molar-refractivity contribution >= 4 is 40.3 Å². The van der Waals surface area contributed by atoms with E-state index in [9.17, 15) is 14.4 Å². The molecule has 0 unspecified atom stereocenters. The second-order valence-corrected chi connectivity index (χ2v) is 10.2. The maximum Gasteiger partial charge on any atom is 0.337 e. The van der Waals surface area contributed by atoms with Crippen LogP contribution in [0.4, 0.5) is 0 Å². The molecule has 1 fully saturated rings. The maximum absolute atomic E-state index is 13.8. The van der Waals surface area contributed by atoms with Crippen LogP contribution in [0.5, 0.6) is 0 Å². The van der Waals surface area contributed by atoms with Crippen LogP contribution in [0.3, 0.4) is 0 Å². The largest absolute Gasteiger partial charge is 0.465 e. The van der Waals surface area contributed by atoms with Crippen molar-refractivity contribution in [2.24, 2.45) is 0 Å². The first-order valence-electron chi connectivity index (χ1n) is 12.6. The molecule has 6 rings (SSSR count). The van der Waals surface area contributed by atoms with E-state index in [4.69, 9.17) is 16.3 Å². The number of nitrogens with zero attached hydrogens (tertiary/aromatic N) is 2.